The highest BCUT2D eigenvalue weighted by molar-refractivity contribution is 7.98. The molecule has 2 N–H and O–H groups in total. The molecule has 168 valence electrons. The second kappa shape index (κ2) is 11.3. The fraction of sp³-hybridized carbons (Fsp3) is 0.700. The number of carbonyl (C=O) groups is 1. The molecule has 30 heavy (non-hydrogen) atoms. The van der Waals surface area contributed by atoms with E-state index in [0.29, 0.717) is 31.1 Å². The highest BCUT2D eigenvalue weighted by Gasteiger charge is 2.34. The van der Waals surface area contributed by atoms with Crippen LogP contribution in [-0.4, -0.2) is 54.7 Å². The van der Waals surface area contributed by atoms with Crippen molar-refractivity contribution in [3.63, 3.8) is 0 Å². The summed E-state index contributed by atoms with van der Waals surface area (Å²) < 4.78 is 51.6. The van der Waals surface area contributed by atoms with Crippen LogP contribution < -0.4 is 14.8 Å². The summed E-state index contributed by atoms with van der Waals surface area (Å²) in [6, 6.07) is 3.45. The summed E-state index contributed by atoms with van der Waals surface area (Å²) in [5.74, 6) is 0.807. The second-order valence-corrected chi connectivity index (χ2v) is 8.56. The van der Waals surface area contributed by atoms with Gasteiger partial charge in [-0.05, 0) is 57.1 Å². The van der Waals surface area contributed by atoms with Gasteiger partial charge in [-0.15, -0.1) is 0 Å². The summed E-state index contributed by atoms with van der Waals surface area (Å²) >= 11 is -0.175. The molecule has 0 bridgehead atoms. The zero-order valence-corrected chi connectivity index (χ0v) is 17.5. The Balaban J connectivity index is 1.46. The Kier molecular flexibility index (Phi) is 8.79. The van der Waals surface area contributed by atoms with Gasteiger partial charge in [-0.25, -0.2) is 4.98 Å². The van der Waals surface area contributed by atoms with E-state index in [-0.39, 0.29) is 36.7 Å². The lowest BCUT2D eigenvalue weighted by Crippen LogP contribution is -2.53. The minimum Gasteiger partial charge on any atom is -0.470 e. The third-order valence-electron chi connectivity index (χ3n) is 5.62. The highest BCUT2D eigenvalue weighted by atomic mass is 32.2. The number of nitrogens with one attached hydrogen (secondary N) is 2. The third-order valence-corrected chi connectivity index (χ3v) is 6.28. The predicted octanol–water partition coefficient (Wildman–Crippen LogP) is 3.58. The van der Waals surface area contributed by atoms with Gasteiger partial charge in [0, 0.05) is 35.8 Å². The van der Waals surface area contributed by atoms with Gasteiger partial charge in [0.15, 0.2) is 6.29 Å². The molecule has 1 aliphatic carbocycles. The molecule has 3 rings (SSSR count). The van der Waals surface area contributed by atoms with Gasteiger partial charge in [0.1, 0.15) is 6.61 Å². The number of aldehydes is 1. The average molecular weight is 448 g/mol. The lowest BCUT2D eigenvalue weighted by Gasteiger charge is -2.35. The quantitative estimate of drug-likeness (QED) is 0.443. The van der Waals surface area contributed by atoms with Gasteiger partial charge in [-0.2, -0.15) is 13.2 Å². The SMILES string of the molecule is O=CCOc1ncccc1[C@H]1CC[C@@H](OCC2NCCCC2NSC(F)(F)F)CC1. The molecule has 0 spiro atoms. The summed E-state index contributed by atoms with van der Waals surface area (Å²) in [6.07, 6.45) is 7.56. The van der Waals surface area contributed by atoms with Crippen LogP contribution in [0, 0.1) is 0 Å². The molecule has 2 fully saturated rings. The molecule has 1 aromatic rings. The largest absolute Gasteiger partial charge is 0.470 e. The molecule has 1 saturated heterocycles. The van der Waals surface area contributed by atoms with Crippen molar-refractivity contribution >= 4 is 18.2 Å². The van der Waals surface area contributed by atoms with Gasteiger partial charge in [0.2, 0.25) is 5.88 Å². The molecule has 6 nitrogen and oxygen atoms in total. The number of piperidine rings is 1. The van der Waals surface area contributed by atoms with Crippen molar-refractivity contribution in [1.29, 1.82) is 0 Å². The Hall–Kier alpha value is -1.36. The minimum atomic E-state index is -4.29. The van der Waals surface area contributed by atoms with Crippen LogP contribution in [0.2, 0.25) is 0 Å². The van der Waals surface area contributed by atoms with Crippen molar-refractivity contribution in [3.8, 4) is 5.88 Å². The smallest absolute Gasteiger partial charge is 0.456 e. The maximum Gasteiger partial charge on any atom is 0.456 e. The standard InChI is InChI=1S/C20H28F3N3O3S/c21-20(22,23)30-26-17-4-2-9-24-18(17)13-29-15-7-5-14(6-8-15)16-3-1-10-25-19(16)28-12-11-27/h1,3,10-11,14-15,17-18,24,26H,2,4-9,12-13H2/t14-,15+,17?,18?. The number of aromatic nitrogens is 1. The normalized spacial score (nSPS) is 27.6. The molecule has 0 aromatic carbocycles. The van der Waals surface area contributed by atoms with Crippen LogP contribution in [0.4, 0.5) is 13.2 Å². The number of hydrogen-bond donors (Lipinski definition) is 2. The Morgan fingerprint density at radius 3 is 2.80 bits per heavy atom. The van der Waals surface area contributed by atoms with Gasteiger partial charge in [-0.1, -0.05) is 6.07 Å². The van der Waals surface area contributed by atoms with Crippen molar-refractivity contribution in [3.05, 3.63) is 23.9 Å². The molecule has 2 aliphatic rings. The van der Waals surface area contributed by atoms with Crippen molar-refractivity contribution in [2.24, 2.45) is 0 Å². The van der Waals surface area contributed by atoms with E-state index in [0.717, 1.165) is 44.2 Å². The molecule has 0 amide bonds. The van der Waals surface area contributed by atoms with E-state index in [1.165, 1.54) is 0 Å². The minimum absolute atomic E-state index is 0.0152. The van der Waals surface area contributed by atoms with E-state index in [9.17, 15) is 18.0 Å². The van der Waals surface area contributed by atoms with E-state index in [2.05, 4.69) is 15.0 Å². The molecule has 2 unspecified atom stereocenters. The summed E-state index contributed by atoms with van der Waals surface area (Å²) in [4.78, 5) is 14.8. The fourth-order valence-electron chi connectivity index (χ4n) is 4.14. The number of nitrogens with zero attached hydrogens (tertiary/aromatic N) is 1. The van der Waals surface area contributed by atoms with Crippen LogP contribution in [0.1, 0.15) is 50.0 Å². The summed E-state index contributed by atoms with van der Waals surface area (Å²) in [7, 11) is 0. The van der Waals surface area contributed by atoms with E-state index >= 15 is 0 Å². The zero-order valence-electron chi connectivity index (χ0n) is 16.7. The molecule has 0 radical (unpaired) electrons. The molecule has 10 heteroatoms. The number of carbonyl (C=O) groups excluding carboxylic acids is 1. The fourth-order valence-corrected chi connectivity index (χ4v) is 4.71. The first kappa shape index (κ1) is 23.3. The molecule has 1 aliphatic heterocycles. The Morgan fingerprint density at radius 1 is 1.27 bits per heavy atom. The predicted molar refractivity (Wildman–Crippen MR) is 108 cm³/mol. The van der Waals surface area contributed by atoms with Gasteiger partial charge < -0.3 is 14.8 Å². The topological polar surface area (TPSA) is 72.5 Å². The van der Waals surface area contributed by atoms with Gasteiger partial charge in [0.25, 0.3) is 0 Å². The molecule has 1 aromatic heterocycles. The van der Waals surface area contributed by atoms with Crippen LogP contribution in [0.15, 0.2) is 18.3 Å². The van der Waals surface area contributed by atoms with Gasteiger partial charge in [-0.3, -0.25) is 9.52 Å². The number of alkyl halides is 3. The van der Waals surface area contributed by atoms with Crippen molar-refractivity contribution < 1.29 is 27.4 Å². The van der Waals surface area contributed by atoms with Crippen LogP contribution in [0.3, 0.4) is 0 Å². The Bertz CT molecular complexity index is 672. The van der Waals surface area contributed by atoms with E-state index in [1.807, 2.05) is 12.1 Å². The Labute approximate surface area is 178 Å². The summed E-state index contributed by atoms with van der Waals surface area (Å²) in [5.41, 5.74) is -3.28. The number of pyridine rings is 1. The first-order chi connectivity index (χ1) is 14.5. The monoisotopic (exact) mass is 447 g/mol. The van der Waals surface area contributed by atoms with E-state index < -0.39 is 5.51 Å². The summed E-state index contributed by atoms with van der Waals surface area (Å²) in [5, 5.41) is 3.29. The molecular formula is C20H28F3N3O3S. The zero-order chi connectivity index (χ0) is 21.4. The van der Waals surface area contributed by atoms with E-state index in [1.54, 1.807) is 6.20 Å². The van der Waals surface area contributed by atoms with Crippen LogP contribution >= 0.6 is 11.9 Å². The van der Waals surface area contributed by atoms with Crippen molar-refractivity contribution in [2.75, 3.05) is 19.8 Å². The van der Waals surface area contributed by atoms with Crippen LogP contribution in [0.5, 0.6) is 5.88 Å². The molecule has 1 saturated carbocycles. The molecule has 2 atom stereocenters. The van der Waals surface area contributed by atoms with Gasteiger partial charge >= 0.3 is 5.51 Å². The number of halogens is 3. The van der Waals surface area contributed by atoms with E-state index in [4.69, 9.17) is 9.47 Å². The van der Waals surface area contributed by atoms with Crippen molar-refractivity contribution in [1.82, 2.24) is 15.0 Å². The maximum absolute atomic E-state index is 12.5. The number of ether oxygens (including phenoxy) is 2. The third kappa shape index (κ3) is 7.11. The first-order valence-corrected chi connectivity index (χ1v) is 11.1. The second-order valence-electron chi connectivity index (χ2n) is 7.66. The van der Waals surface area contributed by atoms with Crippen LogP contribution in [-0.2, 0) is 9.53 Å². The molecular weight excluding hydrogens is 419 g/mol. The molecule has 2 heterocycles. The highest BCUT2D eigenvalue weighted by Crippen LogP contribution is 2.37. The van der Waals surface area contributed by atoms with Gasteiger partial charge in [0.05, 0.1) is 12.7 Å². The number of rotatable bonds is 9. The summed E-state index contributed by atoms with van der Waals surface area (Å²) in [6.45, 7) is 1.17. The first-order valence-electron chi connectivity index (χ1n) is 10.3. The lowest BCUT2D eigenvalue weighted by atomic mass is 9.83. The average Bonchev–Trinajstić information content (AvgIpc) is 2.75. The lowest BCUT2D eigenvalue weighted by molar-refractivity contribution is -0.109. The van der Waals surface area contributed by atoms with Crippen LogP contribution in [0.25, 0.3) is 0 Å². The maximum atomic E-state index is 12.5. The number of hydrogen-bond acceptors (Lipinski definition) is 7. The van der Waals surface area contributed by atoms with Crippen molar-refractivity contribution in [2.45, 2.75) is 68.1 Å². The Morgan fingerprint density at radius 2 is 2.07 bits per heavy atom.